The summed E-state index contributed by atoms with van der Waals surface area (Å²) in [4.78, 5) is 29.4. The van der Waals surface area contributed by atoms with E-state index in [1.54, 1.807) is 18.4 Å². The second-order valence-electron chi connectivity index (χ2n) is 9.36. The fourth-order valence-corrected chi connectivity index (χ4v) is 4.41. The summed E-state index contributed by atoms with van der Waals surface area (Å²) in [6, 6.07) is 15.8. The van der Waals surface area contributed by atoms with Crippen molar-refractivity contribution in [1.29, 1.82) is 0 Å². The van der Waals surface area contributed by atoms with Crippen LogP contribution in [0.2, 0.25) is 5.15 Å². The Balaban J connectivity index is 1.57. The number of carbonyl (C=O) groups is 2. The highest BCUT2D eigenvalue weighted by molar-refractivity contribution is 6.32. The molecule has 0 saturated heterocycles. The summed E-state index contributed by atoms with van der Waals surface area (Å²) < 4.78 is 17.1. The number of halogens is 1. The summed E-state index contributed by atoms with van der Waals surface area (Å²) in [6.45, 7) is 7.21. The highest BCUT2D eigenvalue weighted by Gasteiger charge is 2.26. The van der Waals surface area contributed by atoms with Crippen molar-refractivity contribution in [3.63, 3.8) is 0 Å². The molecule has 0 radical (unpaired) electrons. The SMILES string of the molecule is CCCCc1nc(Cl)c(C(=O)OC(C)OC(=O)OC(C)C)n1Cc1ccc(-c2ccccc2-c2nnn[nH]2)cc1. The Morgan fingerprint density at radius 2 is 1.73 bits per heavy atom. The molecule has 0 aliphatic rings. The summed E-state index contributed by atoms with van der Waals surface area (Å²) in [5.41, 5.74) is 3.84. The van der Waals surface area contributed by atoms with Gasteiger partial charge in [-0.1, -0.05) is 73.5 Å². The molecular weight excluding hydrogens is 536 g/mol. The summed E-state index contributed by atoms with van der Waals surface area (Å²) in [5, 5.41) is 14.2. The van der Waals surface area contributed by atoms with Crippen molar-refractivity contribution in [3.05, 3.63) is 70.8 Å². The minimum Gasteiger partial charge on any atom is -0.431 e. The number of nitrogens with one attached hydrogen (secondary N) is 1. The fourth-order valence-electron chi connectivity index (χ4n) is 4.13. The number of ether oxygens (including phenoxy) is 3. The van der Waals surface area contributed by atoms with Gasteiger partial charge in [-0.2, -0.15) is 0 Å². The summed E-state index contributed by atoms with van der Waals surface area (Å²) in [7, 11) is 0. The monoisotopic (exact) mass is 566 g/mol. The summed E-state index contributed by atoms with van der Waals surface area (Å²) in [5.74, 6) is 0.488. The Hall–Kier alpha value is -4.25. The van der Waals surface area contributed by atoms with E-state index in [2.05, 4.69) is 32.5 Å². The first kappa shape index (κ1) is 28.8. The van der Waals surface area contributed by atoms with Crippen LogP contribution in [-0.2, 0) is 27.2 Å². The van der Waals surface area contributed by atoms with Crippen LogP contribution in [-0.4, -0.2) is 54.7 Å². The first-order valence-electron chi connectivity index (χ1n) is 13.0. The quantitative estimate of drug-likeness (QED) is 0.175. The van der Waals surface area contributed by atoms with Crippen LogP contribution in [0.5, 0.6) is 0 Å². The first-order valence-corrected chi connectivity index (χ1v) is 13.4. The number of nitrogens with zero attached hydrogens (tertiary/aromatic N) is 5. The van der Waals surface area contributed by atoms with Crippen LogP contribution in [0.25, 0.3) is 22.5 Å². The van der Waals surface area contributed by atoms with Gasteiger partial charge in [0.1, 0.15) is 5.82 Å². The molecule has 4 aromatic rings. The molecule has 0 saturated carbocycles. The number of imidazole rings is 1. The lowest BCUT2D eigenvalue weighted by molar-refractivity contribution is -0.0870. The van der Waals surface area contributed by atoms with Crippen LogP contribution >= 0.6 is 11.6 Å². The zero-order valence-corrected chi connectivity index (χ0v) is 23.5. The van der Waals surface area contributed by atoms with Gasteiger partial charge in [0, 0.05) is 25.5 Å². The van der Waals surface area contributed by atoms with Crippen LogP contribution in [0.3, 0.4) is 0 Å². The molecule has 210 valence electrons. The highest BCUT2D eigenvalue weighted by Crippen LogP contribution is 2.30. The topological polar surface area (TPSA) is 134 Å². The predicted molar refractivity (Wildman–Crippen MR) is 148 cm³/mol. The molecule has 2 aromatic heterocycles. The molecule has 1 atom stereocenters. The molecule has 0 aliphatic carbocycles. The molecule has 2 heterocycles. The molecule has 11 nitrogen and oxygen atoms in total. The van der Waals surface area contributed by atoms with Crippen molar-refractivity contribution in [1.82, 2.24) is 30.2 Å². The van der Waals surface area contributed by atoms with Crippen molar-refractivity contribution in [2.75, 3.05) is 0 Å². The van der Waals surface area contributed by atoms with Gasteiger partial charge in [0.15, 0.2) is 16.7 Å². The normalized spacial score (nSPS) is 11.8. The molecule has 4 rings (SSSR count). The standard InChI is InChI=1S/C28H31ClN6O5/c1-5-6-11-23-30-25(29)24(27(36)39-18(4)40-28(37)38-17(2)3)35(23)16-19-12-14-20(15-13-19)21-9-7-8-10-22(21)26-31-33-34-32-26/h7-10,12-15,17-18H,5-6,11,16H2,1-4H3,(H,31,32,33,34). The third-order valence-electron chi connectivity index (χ3n) is 5.95. The molecule has 40 heavy (non-hydrogen) atoms. The lowest BCUT2D eigenvalue weighted by Crippen LogP contribution is -2.25. The van der Waals surface area contributed by atoms with Crippen molar-refractivity contribution in [3.8, 4) is 22.5 Å². The molecule has 0 spiro atoms. The molecular formula is C28H31ClN6O5. The van der Waals surface area contributed by atoms with Gasteiger partial charge in [-0.05, 0) is 47.4 Å². The van der Waals surface area contributed by atoms with E-state index in [-0.39, 0.29) is 17.0 Å². The molecule has 0 amide bonds. The first-order chi connectivity index (χ1) is 19.3. The average molecular weight is 567 g/mol. The maximum Gasteiger partial charge on any atom is 0.511 e. The number of hydrogen-bond acceptors (Lipinski definition) is 9. The van der Waals surface area contributed by atoms with E-state index < -0.39 is 18.4 Å². The molecule has 1 N–H and O–H groups in total. The molecule has 0 aliphatic heterocycles. The zero-order valence-electron chi connectivity index (χ0n) is 22.8. The molecule has 1 unspecified atom stereocenters. The number of aromatic amines is 1. The smallest absolute Gasteiger partial charge is 0.431 e. The molecule has 2 aromatic carbocycles. The van der Waals surface area contributed by atoms with E-state index in [1.165, 1.54) is 6.92 Å². The van der Waals surface area contributed by atoms with E-state index in [1.807, 2.05) is 48.5 Å². The van der Waals surface area contributed by atoms with Gasteiger partial charge in [0.05, 0.1) is 6.10 Å². The number of aryl methyl sites for hydroxylation is 1. The third kappa shape index (κ3) is 7.03. The number of tetrazole rings is 1. The number of carbonyl (C=O) groups excluding carboxylic acids is 2. The van der Waals surface area contributed by atoms with Crippen LogP contribution in [0, 0.1) is 0 Å². The molecule has 0 bridgehead atoms. The van der Waals surface area contributed by atoms with Crippen LogP contribution < -0.4 is 0 Å². The van der Waals surface area contributed by atoms with Gasteiger partial charge in [-0.3, -0.25) is 0 Å². The van der Waals surface area contributed by atoms with Crippen molar-refractivity contribution in [2.24, 2.45) is 0 Å². The lowest BCUT2D eigenvalue weighted by Gasteiger charge is -2.17. The van der Waals surface area contributed by atoms with E-state index in [0.29, 0.717) is 24.6 Å². The van der Waals surface area contributed by atoms with Crippen LogP contribution in [0.15, 0.2) is 48.5 Å². The second-order valence-corrected chi connectivity index (χ2v) is 9.71. The summed E-state index contributed by atoms with van der Waals surface area (Å²) in [6.07, 6.45) is -0.0360. The van der Waals surface area contributed by atoms with Gasteiger partial charge in [0.25, 0.3) is 0 Å². The van der Waals surface area contributed by atoms with Crippen LogP contribution in [0.4, 0.5) is 4.79 Å². The van der Waals surface area contributed by atoms with Gasteiger partial charge in [-0.25, -0.2) is 19.7 Å². The number of unbranched alkanes of at least 4 members (excludes halogenated alkanes) is 1. The molecule has 12 heteroatoms. The van der Waals surface area contributed by atoms with E-state index in [9.17, 15) is 9.59 Å². The second kappa shape index (κ2) is 13.2. The number of aromatic nitrogens is 6. The maximum atomic E-state index is 13.1. The van der Waals surface area contributed by atoms with Crippen LogP contribution in [0.1, 0.15) is 62.4 Å². The van der Waals surface area contributed by atoms with Gasteiger partial charge >= 0.3 is 12.1 Å². The Labute approximate surface area is 236 Å². The van der Waals surface area contributed by atoms with Gasteiger partial charge in [-0.15, -0.1) is 5.10 Å². The minimum atomic E-state index is -1.18. The van der Waals surface area contributed by atoms with Gasteiger partial charge in [0.2, 0.25) is 6.29 Å². The van der Waals surface area contributed by atoms with E-state index in [4.69, 9.17) is 25.8 Å². The largest absolute Gasteiger partial charge is 0.511 e. The Kier molecular flexibility index (Phi) is 9.49. The number of hydrogen-bond donors (Lipinski definition) is 1. The third-order valence-corrected chi connectivity index (χ3v) is 6.22. The minimum absolute atomic E-state index is 0.0271. The Morgan fingerprint density at radius 1 is 1.00 bits per heavy atom. The Morgan fingerprint density at radius 3 is 2.38 bits per heavy atom. The number of rotatable bonds is 11. The predicted octanol–water partition coefficient (Wildman–Crippen LogP) is 5.84. The maximum absolute atomic E-state index is 13.1. The number of benzene rings is 2. The highest BCUT2D eigenvalue weighted by atomic mass is 35.5. The van der Waals surface area contributed by atoms with Gasteiger partial charge < -0.3 is 18.8 Å². The van der Waals surface area contributed by atoms with Crippen molar-refractivity contribution < 1.29 is 23.8 Å². The lowest BCUT2D eigenvalue weighted by atomic mass is 9.98. The van der Waals surface area contributed by atoms with E-state index in [0.717, 1.165) is 35.1 Å². The zero-order chi connectivity index (χ0) is 28.6. The summed E-state index contributed by atoms with van der Waals surface area (Å²) >= 11 is 6.44. The Bertz CT molecular complexity index is 1440. The fraction of sp³-hybridized carbons (Fsp3) is 0.357. The van der Waals surface area contributed by atoms with Crippen molar-refractivity contribution in [2.45, 2.75) is 65.9 Å². The molecule has 0 fully saturated rings. The van der Waals surface area contributed by atoms with Crippen molar-refractivity contribution >= 4 is 23.7 Å². The van der Waals surface area contributed by atoms with E-state index >= 15 is 0 Å². The number of esters is 1. The average Bonchev–Trinajstić information content (AvgIpc) is 3.55. The number of H-pyrrole nitrogens is 1.